The van der Waals surface area contributed by atoms with E-state index in [-0.39, 0.29) is 17.5 Å². The van der Waals surface area contributed by atoms with Crippen LogP contribution < -0.4 is 10.5 Å². The number of hydrogen-bond donors (Lipinski definition) is 2. The van der Waals surface area contributed by atoms with E-state index in [1.807, 2.05) is 19.9 Å². The molecule has 1 heterocycles. The molecule has 0 spiro atoms. The van der Waals surface area contributed by atoms with Crippen LogP contribution >= 0.6 is 0 Å². The summed E-state index contributed by atoms with van der Waals surface area (Å²) in [6.45, 7) is 4.74. The van der Waals surface area contributed by atoms with E-state index in [1.165, 1.54) is 0 Å². The summed E-state index contributed by atoms with van der Waals surface area (Å²) in [6.07, 6.45) is 1.84. The predicted molar refractivity (Wildman–Crippen MR) is 77.8 cm³/mol. The Hall–Kier alpha value is -0.950. The second-order valence-electron chi connectivity index (χ2n) is 5.59. The third-order valence-electron chi connectivity index (χ3n) is 3.63. The number of ether oxygens (including phenoxy) is 1. The molecule has 0 saturated carbocycles. The quantitative estimate of drug-likeness (QED) is 0.864. The average Bonchev–Trinajstić information content (AvgIpc) is 2.84. The third-order valence-corrected chi connectivity index (χ3v) is 5.03. The first kappa shape index (κ1) is 15.4. The van der Waals surface area contributed by atoms with Gasteiger partial charge in [0.1, 0.15) is 0 Å². The molecule has 0 radical (unpaired) electrons. The van der Waals surface area contributed by atoms with E-state index < -0.39 is 15.6 Å². The van der Waals surface area contributed by atoms with Crippen LogP contribution in [-0.2, 0) is 14.8 Å². The van der Waals surface area contributed by atoms with Gasteiger partial charge in [-0.1, -0.05) is 12.1 Å². The van der Waals surface area contributed by atoms with Gasteiger partial charge in [-0.15, -0.1) is 0 Å². The van der Waals surface area contributed by atoms with Crippen LogP contribution in [0.15, 0.2) is 29.2 Å². The largest absolute Gasteiger partial charge is 0.374 e. The van der Waals surface area contributed by atoms with Gasteiger partial charge in [0.05, 0.1) is 10.5 Å². The molecule has 5 nitrogen and oxygen atoms in total. The van der Waals surface area contributed by atoms with E-state index in [0.717, 1.165) is 18.4 Å². The van der Waals surface area contributed by atoms with Gasteiger partial charge < -0.3 is 10.5 Å². The standard InChI is InChI=1S/C14H22N2O3S/c1-11(15)12-5-3-6-13(9-12)20(17,18)16-10-14(2)7-4-8-19-14/h3,5-6,9,11,16H,4,7-8,10,15H2,1-2H3. The molecule has 0 bridgehead atoms. The molecule has 1 saturated heterocycles. The summed E-state index contributed by atoms with van der Waals surface area (Å²) in [6, 6.07) is 6.53. The van der Waals surface area contributed by atoms with Crippen molar-refractivity contribution < 1.29 is 13.2 Å². The third kappa shape index (κ3) is 3.58. The lowest BCUT2D eigenvalue weighted by Gasteiger charge is -2.23. The monoisotopic (exact) mass is 298 g/mol. The van der Waals surface area contributed by atoms with Crippen molar-refractivity contribution in [1.29, 1.82) is 0 Å². The molecule has 112 valence electrons. The Labute approximate surface area is 120 Å². The molecule has 2 rings (SSSR count). The molecular formula is C14H22N2O3S. The van der Waals surface area contributed by atoms with Crippen molar-refractivity contribution in [2.24, 2.45) is 5.73 Å². The Morgan fingerprint density at radius 2 is 2.25 bits per heavy atom. The first-order valence-electron chi connectivity index (χ1n) is 6.82. The van der Waals surface area contributed by atoms with E-state index in [1.54, 1.807) is 18.2 Å². The predicted octanol–water partition coefficient (Wildman–Crippen LogP) is 1.55. The zero-order valence-electron chi connectivity index (χ0n) is 11.9. The lowest BCUT2D eigenvalue weighted by atomic mass is 10.0. The summed E-state index contributed by atoms with van der Waals surface area (Å²) in [4.78, 5) is 0.244. The molecular weight excluding hydrogens is 276 g/mol. The molecule has 0 amide bonds. The van der Waals surface area contributed by atoms with Gasteiger partial charge in [0.25, 0.3) is 0 Å². The highest BCUT2D eigenvalue weighted by Crippen LogP contribution is 2.25. The van der Waals surface area contributed by atoms with E-state index in [0.29, 0.717) is 6.61 Å². The molecule has 0 aromatic heterocycles. The van der Waals surface area contributed by atoms with Crippen LogP contribution in [0, 0.1) is 0 Å². The lowest BCUT2D eigenvalue weighted by molar-refractivity contribution is 0.0250. The molecule has 1 aliphatic rings. The molecule has 1 aliphatic heterocycles. The minimum atomic E-state index is -3.53. The van der Waals surface area contributed by atoms with Crippen molar-refractivity contribution in [3.8, 4) is 0 Å². The summed E-state index contributed by atoms with van der Waals surface area (Å²) in [5.41, 5.74) is 6.19. The Bertz CT molecular complexity index is 564. The highest BCUT2D eigenvalue weighted by molar-refractivity contribution is 7.89. The average molecular weight is 298 g/mol. The fourth-order valence-corrected chi connectivity index (χ4v) is 3.48. The van der Waals surface area contributed by atoms with Crippen LogP contribution in [0.4, 0.5) is 0 Å². The minimum Gasteiger partial charge on any atom is -0.374 e. The van der Waals surface area contributed by atoms with Crippen molar-refractivity contribution >= 4 is 10.0 Å². The maximum atomic E-state index is 12.3. The SMILES string of the molecule is CC(N)c1cccc(S(=O)(=O)NCC2(C)CCCO2)c1. The normalized spacial score (nSPS) is 24.8. The minimum absolute atomic E-state index is 0.194. The van der Waals surface area contributed by atoms with Crippen LogP contribution in [-0.4, -0.2) is 27.2 Å². The maximum Gasteiger partial charge on any atom is 0.240 e. The smallest absolute Gasteiger partial charge is 0.240 e. The molecule has 0 aliphatic carbocycles. The van der Waals surface area contributed by atoms with Crippen LogP contribution in [0.5, 0.6) is 0 Å². The summed E-state index contributed by atoms with van der Waals surface area (Å²) < 4.78 is 32.8. The zero-order valence-corrected chi connectivity index (χ0v) is 12.7. The summed E-state index contributed by atoms with van der Waals surface area (Å²) >= 11 is 0. The molecule has 1 aromatic carbocycles. The molecule has 2 atom stereocenters. The van der Waals surface area contributed by atoms with Crippen LogP contribution in [0.1, 0.15) is 38.3 Å². The van der Waals surface area contributed by atoms with E-state index in [2.05, 4.69) is 4.72 Å². The second-order valence-corrected chi connectivity index (χ2v) is 7.35. The van der Waals surface area contributed by atoms with Crippen molar-refractivity contribution in [2.45, 2.75) is 43.2 Å². The van der Waals surface area contributed by atoms with Gasteiger partial charge in [0.2, 0.25) is 10.0 Å². The highest BCUT2D eigenvalue weighted by atomic mass is 32.2. The van der Waals surface area contributed by atoms with Gasteiger partial charge >= 0.3 is 0 Å². The van der Waals surface area contributed by atoms with Gasteiger partial charge in [-0.3, -0.25) is 0 Å². The van der Waals surface area contributed by atoms with Gasteiger partial charge in [-0.2, -0.15) is 0 Å². The second kappa shape index (κ2) is 5.81. The first-order valence-corrected chi connectivity index (χ1v) is 8.30. The summed E-state index contributed by atoms with van der Waals surface area (Å²) in [7, 11) is -3.53. The Kier molecular flexibility index (Phi) is 4.49. The Morgan fingerprint density at radius 1 is 1.50 bits per heavy atom. The van der Waals surface area contributed by atoms with Crippen LogP contribution in [0.3, 0.4) is 0 Å². The van der Waals surface area contributed by atoms with Gasteiger partial charge in [0, 0.05) is 19.2 Å². The molecule has 1 aromatic rings. The van der Waals surface area contributed by atoms with E-state index in [4.69, 9.17) is 10.5 Å². The summed E-state index contributed by atoms with van der Waals surface area (Å²) in [5.74, 6) is 0. The van der Waals surface area contributed by atoms with Crippen LogP contribution in [0.2, 0.25) is 0 Å². The van der Waals surface area contributed by atoms with Crippen molar-refractivity contribution in [2.75, 3.05) is 13.2 Å². The van der Waals surface area contributed by atoms with E-state index in [9.17, 15) is 8.42 Å². The number of nitrogens with one attached hydrogen (secondary N) is 1. The van der Waals surface area contributed by atoms with E-state index >= 15 is 0 Å². The number of sulfonamides is 1. The fourth-order valence-electron chi connectivity index (χ4n) is 2.27. The topological polar surface area (TPSA) is 81.4 Å². The van der Waals surface area contributed by atoms with Gasteiger partial charge in [-0.25, -0.2) is 13.1 Å². The molecule has 3 N–H and O–H groups in total. The fraction of sp³-hybridized carbons (Fsp3) is 0.571. The lowest BCUT2D eigenvalue weighted by Crippen LogP contribution is -2.40. The van der Waals surface area contributed by atoms with Gasteiger partial charge in [0.15, 0.2) is 0 Å². The number of hydrogen-bond acceptors (Lipinski definition) is 4. The molecule has 2 unspecified atom stereocenters. The van der Waals surface area contributed by atoms with Crippen LogP contribution in [0.25, 0.3) is 0 Å². The highest BCUT2D eigenvalue weighted by Gasteiger charge is 2.31. The molecule has 20 heavy (non-hydrogen) atoms. The summed E-state index contributed by atoms with van der Waals surface area (Å²) in [5, 5.41) is 0. The molecule has 6 heteroatoms. The first-order chi connectivity index (χ1) is 9.32. The van der Waals surface area contributed by atoms with Crippen molar-refractivity contribution in [3.05, 3.63) is 29.8 Å². The van der Waals surface area contributed by atoms with Gasteiger partial charge in [-0.05, 0) is 44.4 Å². The number of nitrogens with two attached hydrogens (primary N) is 1. The van der Waals surface area contributed by atoms with Crippen molar-refractivity contribution in [1.82, 2.24) is 4.72 Å². The maximum absolute atomic E-state index is 12.3. The Morgan fingerprint density at radius 3 is 2.85 bits per heavy atom. The zero-order chi connectivity index (χ0) is 14.8. The Balaban J connectivity index is 2.12. The number of benzene rings is 1. The van der Waals surface area contributed by atoms with Crippen molar-refractivity contribution in [3.63, 3.8) is 0 Å². The number of rotatable bonds is 5. The molecule has 1 fully saturated rings.